The van der Waals surface area contributed by atoms with Crippen LogP contribution in [0.2, 0.25) is 0 Å². The van der Waals surface area contributed by atoms with Gasteiger partial charge in [0.15, 0.2) is 0 Å². The van der Waals surface area contributed by atoms with Crippen LogP contribution in [-0.2, 0) is 0 Å². The molecule has 11 aromatic carbocycles. The molecule has 0 aliphatic heterocycles. The van der Waals surface area contributed by atoms with Crippen molar-refractivity contribution in [3.05, 3.63) is 231 Å². The van der Waals surface area contributed by atoms with Crippen LogP contribution in [0.25, 0.3) is 92.8 Å². The van der Waals surface area contributed by atoms with Gasteiger partial charge in [0.25, 0.3) is 0 Å². The summed E-state index contributed by atoms with van der Waals surface area (Å²) in [6, 6.07) is 84.2. The highest BCUT2D eigenvalue weighted by Gasteiger charge is 2.18. The van der Waals surface area contributed by atoms with E-state index in [1.165, 1.54) is 87.1 Å². The normalized spacial score (nSPS) is 11.7. The van der Waals surface area contributed by atoms with E-state index < -0.39 is 0 Å². The van der Waals surface area contributed by atoms with Crippen molar-refractivity contribution < 1.29 is 0 Å². The molecule has 2 nitrogen and oxygen atoms in total. The van der Waals surface area contributed by atoms with Gasteiger partial charge in [-0.05, 0) is 121 Å². The fourth-order valence-electron chi connectivity index (χ4n) is 9.53. The second kappa shape index (κ2) is 13.9. The molecule has 1 heterocycles. The summed E-state index contributed by atoms with van der Waals surface area (Å²) in [7, 11) is 0. The van der Waals surface area contributed by atoms with Crippen molar-refractivity contribution in [1.82, 2.24) is 4.57 Å². The van der Waals surface area contributed by atoms with Crippen LogP contribution in [0, 0.1) is 0 Å². The lowest BCUT2D eigenvalue weighted by atomic mass is 9.94. The van der Waals surface area contributed by atoms with Crippen molar-refractivity contribution in [2.24, 2.45) is 0 Å². The van der Waals surface area contributed by atoms with E-state index in [-0.39, 0.29) is 0 Å². The fraction of sp³-hybridized carbons (Fsp3) is 0. The van der Waals surface area contributed by atoms with E-state index in [9.17, 15) is 0 Å². The Kier molecular flexibility index (Phi) is 7.89. The van der Waals surface area contributed by atoms with Crippen molar-refractivity contribution >= 4 is 82.0 Å². The van der Waals surface area contributed by atoms with Crippen molar-refractivity contribution in [2.75, 3.05) is 4.90 Å². The number of aromatic nitrogens is 1. The molecular formula is C58H38N2. The van der Waals surface area contributed by atoms with Gasteiger partial charge in [0.1, 0.15) is 0 Å². The molecule has 0 aliphatic rings. The molecule has 0 unspecified atom stereocenters. The summed E-state index contributed by atoms with van der Waals surface area (Å²) in [4.78, 5) is 2.38. The van der Waals surface area contributed by atoms with E-state index >= 15 is 0 Å². The van der Waals surface area contributed by atoms with Crippen molar-refractivity contribution in [3.63, 3.8) is 0 Å². The molecule has 0 radical (unpaired) electrons. The molecule has 280 valence electrons. The van der Waals surface area contributed by atoms with Crippen LogP contribution in [0.15, 0.2) is 231 Å². The summed E-state index contributed by atoms with van der Waals surface area (Å²) >= 11 is 0. The zero-order valence-corrected chi connectivity index (χ0v) is 32.8. The van der Waals surface area contributed by atoms with Gasteiger partial charge in [0.2, 0.25) is 0 Å². The van der Waals surface area contributed by atoms with E-state index in [0.717, 1.165) is 22.7 Å². The molecule has 0 N–H and O–H groups in total. The maximum absolute atomic E-state index is 2.44. The molecule has 60 heavy (non-hydrogen) atoms. The fourth-order valence-corrected chi connectivity index (χ4v) is 9.53. The lowest BCUT2D eigenvalue weighted by Crippen LogP contribution is -2.10. The predicted molar refractivity (Wildman–Crippen MR) is 256 cm³/mol. The minimum Gasteiger partial charge on any atom is -0.310 e. The Morgan fingerprint density at radius 3 is 1.43 bits per heavy atom. The Morgan fingerprint density at radius 2 is 0.750 bits per heavy atom. The summed E-state index contributed by atoms with van der Waals surface area (Å²) in [6.45, 7) is 0. The maximum atomic E-state index is 2.44. The molecule has 0 saturated carbocycles. The first-order chi connectivity index (χ1) is 29.8. The molecule has 0 fully saturated rings. The number of hydrogen-bond donors (Lipinski definition) is 0. The first-order valence-corrected chi connectivity index (χ1v) is 20.7. The van der Waals surface area contributed by atoms with E-state index in [0.29, 0.717) is 0 Å². The van der Waals surface area contributed by atoms with E-state index in [4.69, 9.17) is 0 Å². The monoisotopic (exact) mass is 762 g/mol. The van der Waals surface area contributed by atoms with E-state index in [1.807, 2.05) is 0 Å². The Balaban J connectivity index is 0.965. The van der Waals surface area contributed by atoms with Gasteiger partial charge in [-0.25, -0.2) is 0 Å². The van der Waals surface area contributed by atoms with Gasteiger partial charge in [0, 0.05) is 33.2 Å². The number of anilines is 3. The Morgan fingerprint density at radius 1 is 0.267 bits per heavy atom. The molecule has 0 spiro atoms. The number of nitrogens with zero attached hydrogens (tertiary/aromatic N) is 2. The van der Waals surface area contributed by atoms with Crippen LogP contribution in [0.3, 0.4) is 0 Å². The van der Waals surface area contributed by atoms with Gasteiger partial charge in [-0.3, -0.25) is 0 Å². The van der Waals surface area contributed by atoms with Gasteiger partial charge in [0.05, 0.1) is 16.7 Å². The highest BCUT2D eigenvalue weighted by molar-refractivity contribution is 6.25. The molecular weight excluding hydrogens is 725 g/mol. The largest absolute Gasteiger partial charge is 0.310 e. The zero-order chi connectivity index (χ0) is 39.6. The SMILES string of the molecule is c1ccc(-c2ccc(N(c3ccc(-c4ccc5c(c4)c4ccccc4n5-c4ccc5c6ccccc6c6ccccc6c5c4)cc3)c3cccc4ccccc34)cc2)cc1. The number of fused-ring (bicyclic) bond motifs is 10. The second-order valence-corrected chi connectivity index (χ2v) is 15.7. The first-order valence-electron chi connectivity index (χ1n) is 20.7. The van der Waals surface area contributed by atoms with Gasteiger partial charge < -0.3 is 9.47 Å². The van der Waals surface area contributed by atoms with Crippen molar-refractivity contribution in [2.45, 2.75) is 0 Å². The van der Waals surface area contributed by atoms with Gasteiger partial charge in [-0.1, -0.05) is 170 Å². The third kappa shape index (κ3) is 5.50. The summed E-state index contributed by atoms with van der Waals surface area (Å²) < 4.78 is 2.44. The van der Waals surface area contributed by atoms with Gasteiger partial charge >= 0.3 is 0 Å². The molecule has 0 atom stereocenters. The number of para-hydroxylation sites is 1. The molecule has 0 aliphatic carbocycles. The number of benzene rings is 11. The standard InChI is InChI=1S/C58H38N2/c1-2-13-39(14-3-1)40-25-30-44(31-26-40)59(56-24-12-16-42-15-4-5-17-47(42)56)45-32-27-41(28-33-45)43-29-36-58-55(37-43)53-22-10-11-23-57(53)60(58)46-34-35-52-50-20-7-6-18-48(50)49-19-8-9-21-51(49)54(52)38-46/h1-38H. The lowest BCUT2D eigenvalue weighted by molar-refractivity contribution is 1.19. The van der Waals surface area contributed by atoms with Crippen LogP contribution in [0.1, 0.15) is 0 Å². The lowest BCUT2D eigenvalue weighted by Gasteiger charge is -2.27. The third-order valence-electron chi connectivity index (χ3n) is 12.4. The molecule has 12 aromatic rings. The molecule has 0 amide bonds. The molecule has 1 aromatic heterocycles. The van der Waals surface area contributed by atoms with Gasteiger partial charge in [-0.15, -0.1) is 0 Å². The smallest absolute Gasteiger partial charge is 0.0541 e. The van der Waals surface area contributed by atoms with Crippen LogP contribution < -0.4 is 4.90 Å². The highest BCUT2D eigenvalue weighted by atomic mass is 15.1. The zero-order valence-electron chi connectivity index (χ0n) is 32.8. The number of hydrogen-bond acceptors (Lipinski definition) is 1. The molecule has 0 saturated heterocycles. The van der Waals surface area contributed by atoms with Crippen molar-refractivity contribution in [3.8, 4) is 27.9 Å². The summed E-state index contributed by atoms with van der Waals surface area (Å²) in [5, 5.41) is 12.6. The van der Waals surface area contributed by atoms with Crippen LogP contribution in [-0.4, -0.2) is 4.57 Å². The Bertz CT molecular complexity index is 3540. The Labute approximate surface area is 348 Å². The average Bonchev–Trinajstić information content (AvgIpc) is 3.66. The van der Waals surface area contributed by atoms with E-state index in [1.54, 1.807) is 0 Å². The summed E-state index contributed by atoms with van der Waals surface area (Å²) in [5.41, 5.74) is 11.7. The molecule has 2 heteroatoms. The topological polar surface area (TPSA) is 8.17 Å². The van der Waals surface area contributed by atoms with E-state index in [2.05, 4.69) is 240 Å². The van der Waals surface area contributed by atoms with Crippen LogP contribution in [0.5, 0.6) is 0 Å². The van der Waals surface area contributed by atoms with Crippen LogP contribution in [0.4, 0.5) is 17.1 Å². The average molecular weight is 763 g/mol. The van der Waals surface area contributed by atoms with Crippen molar-refractivity contribution in [1.29, 1.82) is 0 Å². The van der Waals surface area contributed by atoms with Crippen LogP contribution >= 0.6 is 0 Å². The Hall–Kier alpha value is -7.94. The highest BCUT2D eigenvalue weighted by Crippen LogP contribution is 2.42. The minimum absolute atomic E-state index is 1.11. The maximum Gasteiger partial charge on any atom is 0.0541 e. The second-order valence-electron chi connectivity index (χ2n) is 15.7. The first kappa shape index (κ1) is 34.1. The number of rotatable bonds is 6. The minimum atomic E-state index is 1.11. The van der Waals surface area contributed by atoms with Gasteiger partial charge in [-0.2, -0.15) is 0 Å². The molecule has 0 bridgehead atoms. The third-order valence-corrected chi connectivity index (χ3v) is 12.4. The summed E-state index contributed by atoms with van der Waals surface area (Å²) in [5.74, 6) is 0. The molecule has 12 rings (SSSR count). The quantitative estimate of drug-likeness (QED) is 0.153. The summed E-state index contributed by atoms with van der Waals surface area (Å²) in [6.07, 6.45) is 0. The predicted octanol–water partition coefficient (Wildman–Crippen LogP) is 16.2.